The second-order valence-corrected chi connectivity index (χ2v) is 8.38. The topological polar surface area (TPSA) is 86.1 Å². The molecule has 3 rings (SSSR count). The van der Waals surface area contributed by atoms with Crippen molar-refractivity contribution in [3.63, 3.8) is 0 Å². The molecule has 2 heterocycles. The first-order valence-corrected chi connectivity index (χ1v) is 10.3. The summed E-state index contributed by atoms with van der Waals surface area (Å²) in [6.45, 7) is 1.86. The molecule has 1 aromatic carbocycles. The summed E-state index contributed by atoms with van der Waals surface area (Å²) in [5.74, 6) is 0.00568. The van der Waals surface area contributed by atoms with Crippen LogP contribution in [0.5, 0.6) is 0 Å². The number of methoxy groups -OCH3 is 1. The van der Waals surface area contributed by atoms with Crippen LogP contribution in [-0.4, -0.2) is 39.5 Å². The van der Waals surface area contributed by atoms with Crippen LogP contribution >= 0.6 is 34.7 Å². The molecule has 0 aliphatic rings. The Morgan fingerprint density at radius 1 is 1.32 bits per heavy atom. The number of hydrogen-bond acceptors (Lipinski definition) is 7. The number of anilines is 1. The molecule has 0 atom stereocenters. The number of rotatable bonds is 6. The largest absolute Gasteiger partial charge is 0.465 e. The Balaban J connectivity index is 1.68. The number of carbonyl (C=O) groups excluding carboxylic acids is 2. The van der Waals surface area contributed by atoms with Crippen molar-refractivity contribution in [2.45, 2.75) is 12.1 Å². The van der Waals surface area contributed by atoms with Crippen molar-refractivity contribution in [2.75, 3.05) is 18.2 Å². The van der Waals surface area contributed by atoms with Crippen LogP contribution in [0.25, 0.3) is 11.4 Å². The molecule has 0 aliphatic carbocycles. The first-order chi connectivity index (χ1) is 13.4. The first kappa shape index (κ1) is 20.4. The molecule has 28 heavy (non-hydrogen) atoms. The molecule has 0 fully saturated rings. The highest BCUT2D eigenvalue weighted by molar-refractivity contribution is 7.99. The van der Waals surface area contributed by atoms with Crippen LogP contribution in [0, 0.1) is 6.92 Å². The van der Waals surface area contributed by atoms with Gasteiger partial charge in [-0.05, 0) is 25.1 Å². The van der Waals surface area contributed by atoms with Gasteiger partial charge in [0.1, 0.15) is 5.00 Å². The molecule has 0 radical (unpaired) electrons. The maximum absolute atomic E-state index is 12.3. The lowest BCUT2D eigenvalue weighted by molar-refractivity contribution is -0.113. The standard InChI is InChI=1S/C18H17ClN4O3S2/c1-10-8-12(17(25)26-3)16(28-10)20-14(24)9-27-18-22-21-15(23(18)2)11-6-4-5-7-13(11)19/h4-8H,9H2,1-3H3,(H,20,24). The van der Waals surface area contributed by atoms with Crippen molar-refractivity contribution >= 4 is 51.6 Å². The minimum absolute atomic E-state index is 0.117. The lowest BCUT2D eigenvalue weighted by Crippen LogP contribution is -2.16. The van der Waals surface area contributed by atoms with E-state index in [9.17, 15) is 9.59 Å². The van der Waals surface area contributed by atoms with Gasteiger partial charge in [0.05, 0.1) is 23.4 Å². The van der Waals surface area contributed by atoms with Gasteiger partial charge in [-0.3, -0.25) is 4.79 Å². The van der Waals surface area contributed by atoms with Gasteiger partial charge >= 0.3 is 5.97 Å². The van der Waals surface area contributed by atoms with E-state index >= 15 is 0 Å². The Hall–Kier alpha value is -2.36. The lowest BCUT2D eigenvalue weighted by atomic mass is 10.2. The van der Waals surface area contributed by atoms with Gasteiger partial charge in [-0.15, -0.1) is 21.5 Å². The summed E-state index contributed by atoms with van der Waals surface area (Å²) in [4.78, 5) is 25.1. The number of benzene rings is 1. The zero-order valence-corrected chi connectivity index (χ0v) is 17.7. The van der Waals surface area contributed by atoms with Crippen molar-refractivity contribution in [3.05, 3.63) is 45.8 Å². The number of nitrogens with zero attached hydrogens (tertiary/aromatic N) is 3. The minimum Gasteiger partial charge on any atom is -0.465 e. The predicted octanol–water partition coefficient (Wildman–Crippen LogP) is 4.02. The second-order valence-electron chi connectivity index (χ2n) is 5.77. The normalized spacial score (nSPS) is 10.7. The highest BCUT2D eigenvalue weighted by atomic mass is 35.5. The Labute approximate surface area is 175 Å². The quantitative estimate of drug-likeness (QED) is 0.464. The van der Waals surface area contributed by atoms with Crippen molar-refractivity contribution in [2.24, 2.45) is 7.05 Å². The number of thioether (sulfide) groups is 1. The van der Waals surface area contributed by atoms with Gasteiger partial charge in [0.2, 0.25) is 5.91 Å². The smallest absolute Gasteiger partial charge is 0.340 e. The van der Waals surface area contributed by atoms with Crippen LogP contribution in [0.2, 0.25) is 5.02 Å². The molecule has 0 aliphatic heterocycles. The molecule has 1 N–H and O–H groups in total. The highest BCUT2D eigenvalue weighted by Crippen LogP contribution is 2.30. The van der Waals surface area contributed by atoms with Crippen LogP contribution in [0.4, 0.5) is 5.00 Å². The van der Waals surface area contributed by atoms with E-state index in [1.807, 2.05) is 32.2 Å². The van der Waals surface area contributed by atoms with Crippen molar-refractivity contribution in [1.29, 1.82) is 0 Å². The van der Waals surface area contributed by atoms with Crippen molar-refractivity contribution < 1.29 is 14.3 Å². The zero-order chi connectivity index (χ0) is 20.3. The molecule has 3 aromatic rings. The molecule has 0 unspecified atom stereocenters. The molecular weight excluding hydrogens is 420 g/mol. The number of hydrogen-bond donors (Lipinski definition) is 1. The van der Waals surface area contributed by atoms with Gasteiger partial charge in [-0.25, -0.2) is 4.79 Å². The number of aromatic nitrogens is 3. The number of halogens is 1. The number of esters is 1. The van der Waals surface area contributed by atoms with E-state index in [0.717, 1.165) is 10.4 Å². The summed E-state index contributed by atoms with van der Waals surface area (Å²) >= 11 is 8.79. The number of thiophene rings is 1. The maximum atomic E-state index is 12.3. The number of carbonyl (C=O) groups is 2. The van der Waals surface area contributed by atoms with Gasteiger partial charge in [0.15, 0.2) is 11.0 Å². The van der Waals surface area contributed by atoms with Crippen molar-refractivity contribution in [3.8, 4) is 11.4 Å². The Kier molecular flexibility index (Phi) is 6.38. The van der Waals surface area contributed by atoms with Gasteiger partial charge in [-0.1, -0.05) is 35.5 Å². The number of amides is 1. The number of ether oxygens (including phenoxy) is 1. The van der Waals surface area contributed by atoms with Crippen LogP contribution in [0.3, 0.4) is 0 Å². The van der Waals surface area contributed by atoms with E-state index in [-0.39, 0.29) is 11.7 Å². The van der Waals surface area contributed by atoms with Gasteiger partial charge in [-0.2, -0.15) is 0 Å². The molecular formula is C18H17ClN4O3S2. The van der Waals surface area contributed by atoms with E-state index in [0.29, 0.717) is 26.6 Å². The highest BCUT2D eigenvalue weighted by Gasteiger charge is 2.19. The Morgan fingerprint density at radius 3 is 2.79 bits per heavy atom. The van der Waals surface area contributed by atoms with Crippen LogP contribution < -0.4 is 5.32 Å². The molecule has 0 saturated carbocycles. The average Bonchev–Trinajstić information content (AvgIpc) is 3.22. The summed E-state index contributed by atoms with van der Waals surface area (Å²) in [5, 5.41) is 12.7. The third-order valence-corrected chi connectivity index (χ3v) is 6.11. The van der Waals surface area contributed by atoms with E-state index in [1.54, 1.807) is 16.7 Å². The lowest BCUT2D eigenvalue weighted by Gasteiger charge is -2.06. The van der Waals surface area contributed by atoms with Gasteiger partial charge < -0.3 is 14.6 Å². The fraction of sp³-hybridized carbons (Fsp3) is 0.222. The molecule has 2 aromatic heterocycles. The third kappa shape index (κ3) is 4.37. The monoisotopic (exact) mass is 436 g/mol. The summed E-state index contributed by atoms with van der Waals surface area (Å²) in [7, 11) is 3.12. The minimum atomic E-state index is -0.481. The van der Waals surface area contributed by atoms with Crippen LogP contribution in [0.15, 0.2) is 35.5 Å². The Bertz CT molecular complexity index is 1030. The first-order valence-electron chi connectivity index (χ1n) is 8.16. The molecule has 0 saturated heterocycles. The van der Waals surface area contributed by atoms with Gasteiger partial charge in [0, 0.05) is 17.5 Å². The fourth-order valence-electron chi connectivity index (χ4n) is 2.48. The molecule has 1 amide bonds. The number of nitrogens with one attached hydrogen (secondary N) is 1. The summed E-state index contributed by atoms with van der Waals surface area (Å²) in [6.07, 6.45) is 0. The Morgan fingerprint density at radius 2 is 2.07 bits per heavy atom. The maximum Gasteiger partial charge on any atom is 0.340 e. The number of aryl methyl sites for hydroxylation is 1. The average molecular weight is 437 g/mol. The van der Waals surface area contributed by atoms with E-state index in [4.69, 9.17) is 16.3 Å². The fourth-order valence-corrected chi connectivity index (χ4v) is 4.33. The van der Waals surface area contributed by atoms with Crippen LogP contribution in [0.1, 0.15) is 15.2 Å². The molecule has 7 nitrogen and oxygen atoms in total. The van der Waals surface area contributed by atoms with Crippen LogP contribution in [-0.2, 0) is 16.6 Å². The summed E-state index contributed by atoms with van der Waals surface area (Å²) in [6, 6.07) is 9.06. The van der Waals surface area contributed by atoms with Gasteiger partial charge in [0.25, 0.3) is 0 Å². The SMILES string of the molecule is COC(=O)c1cc(C)sc1NC(=O)CSc1nnc(-c2ccccc2Cl)n1C. The molecule has 0 spiro atoms. The summed E-state index contributed by atoms with van der Waals surface area (Å²) < 4.78 is 6.54. The molecule has 0 bridgehead atoms. The zero-order valence-electron chi connectivity index (χ0n) is 15.4. The van der Waals surface area contributed by atoms with Crippen molar-refractivity contribution in [1.82, 2.24) is 14.8 Å². The van der Waals surface area contributed by atoms with E-state index < -0.39 is 5.97 Å². The van der Waals surface area contributed by atoms with E-state index in [2.05, 4.69) is 15.5 Å². The van der Waals surface area contributed by atoms with E-state index in [1.165, 1.54) is 30.2 Å². The third-order valence-electron chi connectivity index (χ3n) is 3.80. The molecule has 146 valence electrons. The summed E-state index contributed by atoms with van der Waals surface area (Å²) in [5.41, 5.74) is 1.12. The second kappa shape index (κ2) is 8.76. The molecule has 10 heteroatoms. The predicted molar refractivity (Wildman–Crippen MR) is 111 cm³/mol.